The second kappa shape index (κ2) is 6.71. The topological polar surface area (TPSA) is 24.5 Å². The molecular formula is C12H19ClN2OS. The Labute approximate surface area is 112 Å². The Bertz CT molecular complexity index is 339. The van der Waals surface area contributed by atoms with E-state index in [2.05, 4.69) is 17.1 Å². The monoisotopic (exact) mass is 274 g/mol. The lowest BCUT2D eigenvalue weighted by molar-refractivity contribution is 0.0343. The highest BCUT2D eigenvalue weighted by molar-refractivity contribution is 7.10. The average Bonchev–Trinajstić information content (AvgIpc) is 2.74. The highest BCUT2D eigenvalue weighted by Gasteiger charge is 2.13. The summed E-state index contributed by atoms with van der Waals surface area (Å²) in [5.41, 5.74) is 0. The summed E-state index contributed by atoms with van der Waals surface area (Å²) < 4.78 is 5.34. The van der Waals surface area contributed by atoms with Gasteiger partial charge in [-0.05, 0) is 13.0 Å². The Morgan fingerprint density at radius 2 is 2.29 bits per heavy atom. The van der Waals surface area contributed by atoms with Gasteiger partial charge in [0.2, 0.25) is 0 Å². The Morgan fingerprint density at radius 3 is 2.94 bits per heavy atom. The van der Waals surface area contributed by atoms with Crippen molar-refractivity contribution < 1.29 is 4.74 Å². The van der Waals surface area contributed by atoms with Crippen molar-refractivity contribution in [1.29, 1.82) is 0 Å². The van der Waals surface area contributed by atoms with E-state index in [1.165, 1.54) is 4.88 Å². The summed E-state index contributed by atoms with van der Waals surface area (Å²) in [6.07, 6.45) is 0. The first-order chi connectivity index (χ1) is 8.24. The van der Waals surface area contributed by atoms with E-state index in [0.717, 1.165) is 44.4 Å². The lowest BCUT2D eigenvalue weighted by atomic mass is 10.3. The summed E-state index contributed by atoms with van der Waals surface area (Å²) in [5, 5.41) is 6.35. The van der Waals surface area contributed by atoms with Gasteiger partial charge in [-0.15, -0.1) is 11.3 Å². The van der Waals surface area contributed by atoms with Crippen LogP contribution in [0.15, 0.2) is 11.4 Å². The minimum Gasteiger partial charge on any atom is -0.379 e. The van der Waals surface area contributed by atoms with Crippen molar-refractivity contribution in [2.75, 3.05) is 32.8 Å². The zero-order valence-electron chi connectivity index (χ0n) is 10.1. The van der Waals surface area contributed by atoms with E-state index in [-0.39, 0.29) is 0 Å². The molecule has 1 aliphatic rings. The minimum absolute atomic E-state index is 0.494. The number of ether oxygens (including phenoxy) is 1. The summed E-state index contributed by atoms with van der Waals surface area (Å²) in [7, 11) is 0. The minimum atomic E-state index is 0.494. The number of thiophene rings is 1. The molecule has 1 unspecified atom stereocenters. The van der Waals surface area contributed by atoms with E-state index >= 15 is 0 Å². The maximum atomic E-state index is 5.89. The van der Waals surface area contributed by atoms with Gasteiger partial charge in [0.05, 0.1) is 18.2 Å². The van der Waals surface area contributed by atoms with Crippen molar-refractivity contribution >= 4 is 22.9 Å². The van der Waals surface area contributed by atoms with E-state index < -0.39 is 0 Å². The molecule has 96 valence electrons. The summed E-state index contributed by atoms with van der Waals surface area (Å²) >= 11 is 7.60. The predicted molar refractivity (Wildman–Crippen MR) is 72.9 cm³/mol. The molecule has 0 spiro atoms. The molecule has 1 aromatic rings. The first kappa shape index (κ1) is 13.3. The summed E-state index contributed by atoms with van der Waals surface area (Å²) in [6.45, 7) is 8.06. The molecule has 2 heterocycles. The van der Waals surface area contributed by atoms with E-state index in [1.807, 2.05) is 11.4 Å². The predicted octanol–water partition coefficient (Wildman–Crippen LogP) is 2.21. The molecule has 1 aliphatic heterocycles. The Balaban J connectivity index is 1.68. The normalized spacial score (nSPS) is 19.4. The average molecular weight is 275 g/mol. The fraction of sp³-hybridized carbons (Fsp3) is 0.667. The van der Waals surface area contributed by atoms with Crippen molar-refractivity contribution in [2.45, 2.75) is 19.5 Å². The molecule has 0 aliphatic carbocycles. The number of halogens is 1. The summed E-state index contributed by atoms with van der Waals surface area (Å²) in [6, 6.07) is 2.52. The van der Waals surface area contributed by atoms with Gasteiger partial charge in [-0.1, -0.05) is 11.6 Å². The van der Waals surface area contributed by atoms with Gasteiger partial charge in [-0.3, -0.25) is 4.90 Å². The van der Waals surface area contributed by atoms with Crippen LogP contribution >= 0.6 is 22.9 Å². The molecule has 1 fully saturated rings. The molecule has 2 rings (SSSR count). The molecule has 0 amide bonds. The van der Waals surface area contributed by atoms with Crippen LogP contribution in [0.2, 0.25) is 5.02 Å². The second-order valence-electron chi connectivity index (χ2n) is 4.43. The number of nitrogens with zero attached hydrogens (tertiary/aromatic N) is 1. The van der Waals surface area contributed by atoms with Crippen molar-refractivity contribution in [3.63, 3.8) is 0 Å². The Morgan fingerprint density at radius 1 is 1.53 bits per heavy atom. The smallest absolute Gasteiger partial charge is 0.0594 e. The lowest BCUT2D eigenvalue weighted by Crippen LogP contribution is -2.44. The standard InChI is InChI=1S/C12H19ClN2OS/c1-10(8-15-2-4-16-5-3-15)14-7-12-6-11(13)9-17-12/h6,9-10,14H,2-5,7-8H2,1H3. The molecule has 1 atom stereocenters. The third kappa shape index (κ3) is 4.56. The van der Waals surface area contributed by atoms with Crippen molar-refractivity contribution in [3.8, 4) is 0 Å². The van der Waals surface area contributed by atoms with Crippen LogP contribution in [-0.4, -0.2) is 43.8 Å². The van der Waals surface area contributed by atoms with Crippen LogP contribution < -0.4 is 5.32 Å². The maximum absolute atomic E-state index is 5.89. The van der Waals surface area contributed by atoms with Crippen LogP contribution in [-0.2, 0) is 11.3 Å². The van der Waals surface area contributed by atoms with Crippen LogP contribution in [0, 0.1) is 0 Å². The fourth-order valence-electron chi connectivity index (χ4n) is 1.96. The first-order valence-electron chi connectivity index (χ1n) is 6.00. The lowest BCUT2D eigenvalue weighted by Gasteiger charge is -2.29. The van der Waals surface area contributed by atoms with Crippen LogP contribution in [0.1, 0.15) is 11.8 Å². The molecule has 0 aromatic carbocycles. The van der Waals surface area contributed by atoms with Gasteiger partial charge in [-0.2, -0.15) is 0 Å². The van der Waals surface area contributed by atoms with Gasteiger partial charge in [0.1, 0.15) is 0 Å². The van der Waals surface area contributed by atoms with Gasteiger partial charge < -0.3 is 10.1 Å². The Hall–Kier alpha value is -0.130. The molecule has 3 nitrogen and oxygen atoms in total. The molecule has 0 saturated carbocycles. The van der Waals surface area contributed by atoms with Crippen LogP contribution in [0.5, 0.6) is 0 Å². The zero-order valence-corrected chi connectivity index (χ0v) is 11.7. The first-order valence-corrected chi connectivity index (χ1v) is 7.26. The number of hydrogen-bond donors (Lipinski definition) is 1. The third-order valence-corrected chi connectivity index (χ3v) is 4.17. The van der Waals surface area contributed by atoms with Crippen LogP contribution in [0.3, 0.4) is 0 Å². The number of morpholine rings is 1. The molecule has 1 N–H and O–H groups in total. The number of hydrogen-bond acceptors (Lipinski definition) is 4. The molecule has 5 heteroatoms. The van der Waals surface area contributed by atoms with E-state index in [0.29, 0.717) is 6.04 Å². The van der Waals surface area contributed by atoms with Crippen molar-refractivity contribution in [2.24, 2.45) is 0 Å². The van der Waals surface area contributed by atoms with Crippen molar-refractivity contribution in [1.82, 2.24) is 10.2 Å². The summed E-state index contributed by atoms with van der Waals surface area (Å²) in [5.74, 6) is 0. The number of nitrogens with one attached hydrogen (secondary N) is 1. The summed E-state index contributed by atoms with van der Waals surface area (Å²) in [4.78, 5) is 3.74. The number of rotatable bonds is 5. The second-order valence-corrected chi connectivity index (χ2v) is 5.86. The van der Waals surface area contributed by atoms with E-state index in [4.69, 9.17) is 16.3 Å². The van der Waals surface area contributed by atoms with Crippen LogP contribution in [0.4, 0.5) is 0 Å². The van der Waals surface area contributed by atoms with E-state index in [1.54, 1.807) is 11.3 Å². The zero-order chi connectivity index (χ0) is 12.1. The van der Waals surface area contributed by atoms with Gasteiger partial charge in [-0.25, -0.2) is 0 Å². The molecular weight excluding hydrogens is 256 g/mol. The van der Waals surface area contributed by atoms with Gasteiger partial charge in [0.15, 0.2) is 0 Å². The van der Waals surface area contributed by atoms with Gasteiger partial charge in [0, 0.05) is 42.5 Å². The van der Waals surface area contributed by atoms with Gasteiger partial charge >= 0.3 is 0 Å². The Kier molecular flexibility index (Phi) is 5.25. The highest BCUT2D eigenvalue weighted by atomic mass is 35.5. The molecule has 17 heavy (non-hydrogen) atoms. The maximum Gasteiger partial charge on any atom is 0.0594 e. The molecule has 1 aromatic heterocycles. The molecule has 0 bridgehead atoms. The molecule has 0 radical (unpaired) electrons. The van der Waals surface area contributed by atoms with E-state index in [9.17, 15) is 0 Å². The quantitative estimate of drug-likeness (QED) is 0.891. The van der Waals surface area contributed by atoms with Crippen molar-refractivity contribution in [3.05, 3.63) is 21.3 Å². The third-order valence-electron chi connectivity index (χ3n) is 2.88. The highest BCUT2D eigenvalue weighted by Crippen LogP contribution is 2.18. The SMILES string of the molecule is CC(CN1CCOCC1)NCc1cc(Cl)cs1. The van der Waals surface area contributed by atoms with Gasteiger partial charge in [0.25, 0.3) is 0 Å². The largest absolute Gasteiger partial charge is 0.379 e. The molecule has 1 saturated heterocycles. The van der Waals surface area contributed by atoms with Crippen LogP contribution in [0.25, 0.3) is 0 Å². The fourth-order valence-corrected chi connectivity index (χ4v) is 2.98.